The molecule has 0 spiro atoms. The zero-order chi connectivity index (χ0) is 12.5. The van der Waals surface area contributed by atoms with E-state index in [-0.39, 0.29) is 5.91 Å². The van der Waals surface area contributed by atoms with Crippen molar-refractivity contribution in [2.75, 3.05) is 13.7 Å². The Kier molecular flexibility index (Phi) is 5.59. The molecule has 0 atom stereocenters. The molecule has 0 aliphatic rings. The molecule has 1 N–H and O–H groups in total. The van der Waals surface area contributed by atoms with Crippen molar-refractivity contribution >= 4 is 5.91 Å². The number of amides is 1. The summed E-state index contributed by atoms with van der Waals surface area (Å²) in [5.41, 5.74) is 0.868. The Hall–Kier alpha value is -2.02. The van der Waals surface area contributed by atoms with Crippen LogP contribution in [0.15, 0.2) is 24.3 Å². The third-order valence-electron chi connectivity index (χ3n) is 2.33. The fourth-order valence-electron chi connectivity index (χ4n) is 1.48. The zero-order valence-electron chi connectivity index (χ0n) is 9.90. The second-order valence-corrected chi connectivity index (χ2v) is 3.60. The largest absolute Gasteiger partial charge is 0.496 e. The highest BCUT2D eigenvalue weighted by molar-refractivity contribution is 5.79. The van der Waals surface area contributed by atoms with Gasteiger partial charge in [0, 0.05) is 18.5 Å². The Morgan fingerprint density at radius 3 is 2.94 bits per heavy atom. The molecule has 4 heteroatoms. The first-order valence-electron chi connectivity index (χ1n) is 5.53. The summed E-state index contributed by atoms with van der Waals surface area (Å²) in [5, 5.41) is 11.1. The number of carbonyl (C=O) groups excluding carboxylic acids is 1. The first-order valence-corrected chi connectivity index (χ1v) is 5.53. The summed E-state index contributed by atoms with van der Waals surface area (Å²) in [6.45, 7) is 0.543. The van der Waals surface area contributed by atoms with Crippen molar-refractivity contribution in [3.63, 3.8) is 0 Å². The number of carbonyl (C=O) groups is 1. The van der Waals surface area contributed by atoms with Gasteiger partial charge in [0.1, 0.15) is 5.75 Å². The Bertz CT molecular complexity index is 410. The van der Waals surface area contributed by atoms with Crippen molar-refractivity contribution in [1.82, 2.24) is 5.32 Å². The molecule has 1 aromatic rings. The first-order chi connectivity index (χ1) is 8.27. The highest BCUT2D eigenvalue weighted by Crippen LogP contribution is 2.17. The Morgan fingerprint density at radius 1 is 1.47 bits per heavy atom. The number of nitrogens with zero attached hydrogens (tertiary/aromatic N) is 1. The minimum Gasteiger partial charge on any atom is -0.496 e. The van der Waals surface area contributed by atoms with E-state index in [2.05, 4.69) is 5.32 Å². The summed E-state index contributed by atoms with van der Waals surface area (Å²) in [6, 6.07) is 9.48. The van der Waals surface area contributed by atoms with E-state index < -0.39 is 0 Å². The smallest absolute Gasteiger partial charge is 0.224 e. The van der Waals surface area contributed by atoms with E-state index >= 15 is 0 Å². The number of nitrogens with one attached hydrogen (secondary N) is 1. The van der Waals surface area contributed by atoms with Crippen molar-refractivity contribution in [2.24, 2.45) is 0 Å². The Morgan fingerprint density at radius 2 is 2.24 bits per heavy atom. The number of methoxy groups -OCH3 is 1. The molecule has 1 aromatic carbocycles. The maximum Gasteiger partial charge on any atom is 0.224 e. The van der Waals surface area contributed by atoms with Crippen LogP contribution in [0, 0.1) is 11.3 Å². The quantitative estimate of drug-likeness (QED) is 0.759. The highest BCUT2D eigenvalue weighted by atomic mass is 16.5. The minimum absolute atomic E-state index is 0.0487. The maximum atomic E-state index is 11.6. The molecule has 0 aromatic heterocycles. The lowest BCUT2D eigenvalue weighted by molar-refractivity contribution is -0.120. The average molecular weight is 232 g/mol. The molecule has 1 rings (SSSR count). The van der Waals surface area contributed by atoms with E-state index in [0.29, 0.717) is 25.8 Å². The van der Waals surface area contributed by atoms with Crippen LogP contribution in [0.1, 0.15) is 18.4 Å². The molecule has 0 fully saturated rings. The van der Waals surface area contributed by atoms with Crippen LogP contribution < -0.4 is 10.1 Å². The van der Waals surface area contributed by atoms with Gasteiger partial charge >= 0.3 is 0 Å². The van der Waals surface area contributed by atoms with Gasteiger partial charge in [0.15, 0.2) is 0 Å². The average Bonchev–Trinajstić information content (AvgIpc) is 2.35. The molecule has 0 aliphatic carbocycles. The van der Waals surface area contributed by atoms with Crippen LogP contribution in [-0.4, -0.2) is 19.6 Å². The van der Waals surface area contributed by atoms with E-state index in [1.807, 2.05) is 30.3 Å². The molecule has 0 saturated heterocycles. The molecule has 0 heterocycles. The number of para-hydroxylation sites is 1. The van der Waals surface area contributed by atoms with E-state index in [4.69, 9.17) is 10.00 Å². The molecule has 17 heavy (non-hydrogen) atoms. The van der Waals surface area contributed by atoms with E-state index in [0.717, 1.165) is 11.3 Å². The maximum absolute atomic E-state index is 11.6. The number of unbranched alkanes of at least 4 members (excludes halogenated alkanes) is 1. The third kappa shape index (κ3) is 4.56. The third-order valence-corrected chi connectivity index (χ3v) is 2.33. The molecular weight excluding hydrogens is 216 g/mol. The number of hydrogen-bond acceptors (Lipinski definition) is 3. The van der Waals surface area contributed by atoms with Gasteiger partial charge in [0.25, 0.3) is 0 Å². The first kappa shape index (κ1) is 13.0. The van der Waals surface area contributed by atoms with Crippen molar-refractivity contribution in [1.29, 1.82) is 5.26 Å². The summed E-state index contributed by atoms with van der Waals surface area (Å²) >= 11 is 0. The Balaban J connectivity index is 2.42. The SMILES string of the molecule is COc1ccccc1CC(=O)NCCCC#N. The van der Waals surface area contributed by atoms with Crippen molar-refractivity contribution in [3.05, 3.63) is 29.8 Å². The lowest BCUT2D eigenvalue weighted by Crippen LogP contribution is -2.26. The Labute approximate surface area is 101 Å². The monoisotopic (exact) mass is 232 g/mol. The van der Waals surface area contributed by atoms with Gasteiger partial charge < -0.3 is 10.1 Å². The van der Waals surface area contributed by atoms with E-state index in [9.17, 15) is 4.79 Å². The van der Waals surface area contributed by atoms with Gasteiger partial charge in [-0.25, -0.2) is 0 Å². The molecule has 0 bridgehead atoms. The lowest BCUT2D eigenvalue weighted by Gasteiger charge is -2.08. The molecule has 0 saturated carbocycles. The molecule has 0 aliphatic heterocycles. The molecule has 0 unspecified atom stereocenters. The minimum atomic E-state index is -0.0487. The summed E-state index contributed by atoms with van der Waals surface area (Å²) in [7, 11) is 1.59. The second-order valence-electron chi connectivity index (χ2n) is 3.60. The van der Waals surface area contributed by atoms with Crippen LogP contribution in [0.2, 0.25) is 0 Å². The number of rotatable bonds is 6. The predicted octanol–water partition coefficient (Wildman–Crippen LogP) is 1.66. The summed E-state index contributed by atoms with van der Waals surface area (Å²) < 4.78 is 5.17. The molecule has 0 radical (unpaired) electrons. The van der Waals surface area contributed by atoms with Crippen molar-refractivity contribution in [2.45, 2.75) is 19.3 Å². The van der Waals surface area contributed by atoms with E-state index in [1.165, 1.54) is 0 Å². The van der Waals surface area contributed by atoms with Gasteiger partial charge in [-0.15, -0.1) is 0 Å². The summed E-state index contributed by atoms with van der Waals surface area (Å²) in [4.78, 5) is 11.6. The summed E-state index contributed by atoms with van der Waals surface area (Å²) in [6.07, 6.45) is 1.46. The normalized spacial score (nSPS) is 9.41. The number of benzene rings is 1. The van der Waals surface area contributed by atoms with Crippen LogP contribution >= 0.6 is 0 Å². The van der Waals surface area contributed by atoms with Crippen LogP contribution in [0.25, 0.3) is 0 Å². The van der Waals surface area contributed by atoms with Crippen LogP contribution in [0.3, 0.4) is 0 Å². The van der Waals surface area contributed by atoms with E-state index in [1.54, 1.807) is 7.11 Å². The molecular formula is C13H16N2O2. The van der Waals surface area contributed by atoms with Crippen molar-refractivity contribution in [3.8, 4) is 11.8 Å². The zero-order valence-corrected chi connectivity index (χ0v) is 9.90. The fraction of sp³-hybridized carbons (Fsp3) is 0.385. The van der Waals surface area contributed by atoms with Gasteiger partial charge in [0.2, 0.25) is 5.91 Å². The standard InChI is InChI=1S/C13H16N2O2/c1-17-12-7-3-2-6-11(12)10-13(16)15-9-5-4-8-14/h2-3,6-7H,4-5,9-10H2,1H3,(H,15,16). The number of nitriles is 1. The number of hydrogen-bond donors (Lipinski definition) is 1. The van der Waals surface area contributed by atoms with Crippen LogP contribution in [0.5, 0.6) is 5.75 Å². The lowest BCUT2D eigenvalue weighted by atomic mass is 10.1. The van der Waals surface area contributed by atoms with Crippen LogP contribution in [0.4, 0.5) is 0 Å². The van der Waals surface area contributed by atoms with Crippen molar-refractivity contribution < 1.29 is 9.53 Å². The van der Waals surface area contributed by atoms with Gasteiger partial charge in [-0.3, -0.25) is 4.79 Å². The summed E-state index contributed by atoms with van der Waals surface area (Å²) in [5.74, 6) is 0.673. The fourth-order valence-corrected chi connectivity index (χ4v) is 1.48. The predicted molar refractivity (Wildman–Crippen MR) is 64.6 cm³/mol. The van der Waals surface area contributed by atoms with Gasteiger partial charge in [-0.2, -0.15) is 5.26 Å². The topological polar surface area (TPSA) is 62.1 Å². The second kappa shape index (κ2) is 7.29. The molecule has 1 amide bonds. The van der Waals surface area contributed by atoms with Gasteiger partial charge in [0.05, 0.1) is 19.6 Å². The molecule has 4 nitrogen and oxygen atoms in total. The van der Waals surface area contributed by atoms with Gasteiger partial charge in [-0.1, -0.05) is 18.2 Å². The van der Waals surface area contributed by atoms with Crippen LogP contribution in [-0.2, 0) is 11.2 Å². The van der Waals surface area contributed by atoms with Gasteiger partial charge in [-0.05, 0) is 12.5 Å². The highest BCUT2D eigenvalue weighted by Gasteiger charge is 2.07. The molecule has 90 valence electrons. The number of ether oxygens (including phenoxy) is 1.